The lowest BCUT2D eigenvalue weighted by Gasteiger charge is -2.05. The Morgan fingerprint density at radius 3 is 2.65 bits per heavy atom. The Morgan fingerprint density at radius 1 is 1.23 bits per heavy atom. The zero-order chi connectivity index (χ0) is 18.7. The molecule has 0 aliphatic carbocycles. The maximum atomic E-state index is 13.1. The lowest BCUT2D eigenvalue weighted by molar-refractivity contribution is 0.0952. The van der Waals surface area contributed by atoms with E-state index in [9.17, 15) is 14.0 Å². The molecule has 8 heteroatoms. The quantitative estimate of drug-likeness (QED) is 0.746. The first-order valence-corrected chi connectivity index (χ1v) is 8.27. The summed E-state index contributed by atoms with van der Waals surface area (Å²) >= 11 is 5.87. The van der Waals surface area contributed by atoms with E-state index in [4.69, 9.17) is 11.6 Å². The first kappa shape index (κ1) is 17.9. The molecule has 0 bridgehead atoms. The fourth-order valence-corrected chi connectivity index (χ4v) is 2.68. The van der Waals surface area contributed by atoms with Crippen molar-refractivity contribution in [3.05, 3.63) is 75.4 Å². The van der Waals surface area contributed by atoms with Gasteiger partial charge in [-0.1, -0.05) is 17.7 Å². The van der Waals surface area contributed by atoms with Crippen LogP contribution in [-0.4, -0.2) is 26.8 Å². The molecule has 1 heterocycles. The van der Waals surface area contributed by atoms with Crippen molar-refractivity contribution >= 4 is 17.5 Å². The number of nitrogens with one attached hydrogen (secondary N) is 1. The Kier molecular flexibility index (Phi) is 5.18. The van der Waals surface area contributed by atoms with Crippen LogP contribution in [0.5, 0.6) is 0 Å². The van der Waals surface area contributed by atoms with Crippen molar-refractivity contribution in [2.75, 3.05) is 6.54 Å². The highest BCUT2D eigenvalue weighted by atomic mass is 35.5. The van der Waals surface area contributed by atoms with Crippen molar-refractivity contribution in [1.29, 1.82) is 0 Å². The van der Waals surface area contributed by atoms with Crippen LogP contribution in [0.1, 0.15) is 10.4 Å². The number of carbonyl (C=O) groups excluding carboxylic acids is 1. The zero-order valence-corrected chi connectivity index (χ0v) is 14.7. The summed E-state index contributed by atoms with van der Waals surface area (Å²) < 4.78 is 15.7. The van der Waals surface area contributed by atoms with Crippen LogP contribution in [0, 0.1) is 5.82 Å². The lowest BCUT2D eigenvalue weighted by Crippen LogP contribution is -2.31. The molecule has 3 rings (SSSR count). The molecule has 6 nitrogen and oxygen atoms in total. The molecule has 0 saturated heterocycles. The van der Waals surface area contributed by atoms with E-state index in [0.29, 0.717) is 22.0 Å². The molecule has 0 aliphatic rings. The van der Waals surface area contributed by atoms with Crippen LogP contribution in [0.3, 0.4) is 0 Å². The van der Waals surface area contributed by atoms with E-state index in [-0.39, 0.29) is 30.5 Å². The highest BCUT2D eigenvalue weighted by molar-refractivity contribution is 6.30. The Morgan fingerprint density at radius 2 is 1.96 bits per heavy atom. The molecule has 134 valence electrons. The second-order valence-electron chi connectivity index (χ2n) is 5.66. The van der Waals surface area contributed by atoms with Crippen LogP contribution >= 0.6 is 11.6 Å². The number of benzene rings is 2. The van der Waals surface area contributed by atoms with E-state index in [1.54, 1.807) is 43.4 Å². The van der Waals surface area contributed by atoms with Crippen LogP contribution in [0.4, 0.5) is 4.39 Å². The summed E-state index contributed by atoms with van der Waals surface area (Å²) in [5.74, 6) is -0.215. The van der Waals surface area contributed by atoms with Gasteiger partial charge in [-0.3, -0.25) is 9.36 Å². The number of aromatic nitrogens is 3. The van der Waals surface area contributed by atoms with Crippen LogP contribution in [0.2, 0.25) is 5.02 Å². The number of carbonyl (C=O) groups is 1. The number of nitrogens with zero attached hydrogens (tertiary/aromatic N) is 3. The van der Waals surface area contributed by atoms with Crippen molar-refractivity contribution in [1.82, 2.24) is 19.7 Å². The van der Waals surface area contributed by atoms with Gasteiger partial charge in [-0.15, -0.1) is 5.10 Å². The summed E-state index contributed by atoms with van der Waals surface area (Å²) in [6, 6.07) is 12.3. The van der Waals surface area contributed by atoms with E-state index >= 15 is 0 Å². The average molecular weight is 375 g/mol. The Bertz CT molecular complexity index is 995. The normalized spacial score (nSPS) is 10.7. The van der Waals surface area contributed by atoms with Gasteiger partial charge in [0.15, 0.2) is 5.82 Å². The van der Waals surface area contributed by atoms with Crippen LogP contribution in [0.25, 0.3) is 11.4 Å². The summed E-state index contributed by atoms with van der Waals surface area (Å²) in [7, 11) is 1.59. The maximum absolute atomic E-state index is 13.1. The Labute approximate surface area is 153 Å². The highest BCUT2D eigenvalue weighted by Crippen LogP contribution is 2.15. The third-order valence-electron chi connectivity index (χ3n) is 3.84. The van der Waals surface area contributed by atoms with Gasteiger partial charge in [0.2, 0.25) is 0 Å². The molecule has 26 heavy (non-hydrogen) atoms. The summed E-state index contributed by atoms with van der Waals surface area (Å²) in [6.45, 7) is 0.436. The van der Waals surface area contributed by atoms with Crippen molar-refractivity contribution in [3.8, 4) is 11.4 Å². The standard InChI is InChI=1S/C18H16ClFN4O2/c1-23-16(12-5-7-15(20)8-6-12)22-24(18(23)26)10-9-21-17(25)13-3-2-4-14(19)11-13/h2-8,11H,9-10H2,1H3,(H,21,25). The summed E-state index contributed by atoms with van der Waals surface area (Å²) in [6.07, 6.45) is 0. The van der Waals surface area contributed by atoms with Crippen LogP contribution in [-0.2, 0) is 13.6 Å². The summed E-state index contributed by atoms with van der Waals surface area (Å²) in [5.41, 5.74) is 0.756. The third-order valence-corrected chi connectivity index (χ3v) is 4.07. The monoisotopic (exact) mass is 374 g/mol. The Hall–Kier alpha value is -2.93. The van der Waals surface area contributed by atoms with Gasteiger partial charge in [-0.2, -0.15) is 0 Å². The predicted molar refractivity (Wildman–Crippen MR) is 96.6 cm³/mol. The van der Waals surface area contributed by atoms with E-state index in [1.807, 2.05) is 0 Å². The van der Waals surface area contributed by atoms with Crippen molar-refractivity contribution in [2.24, 2.45) is 7.05 Å². The molecule has 0 unspecified atom stereocenters. The van der Waals surface area contributed by atoms with E-state index in [2.05, 4.69) is 10.4 Å². The molecular weight excluding hydrogens is 359 g/mol. The fraction of sp³-hybridized carbons (Fsp3) is 0.167. The lowest BCUT2D eigenvalue weighted by atomic mass is 10.2. The van der Waals surface area contributed by atoms with Gasteiger partial charge in [0.25, 0.3) is 5.91 Å². The van der Waals surface area contributed by atoms with Gasteiger partial charge in [0.1, 0.15) is 5.82 Å². The van der Waals surface area contributed by atoms with Crippen molar-refractivity contribution < 1.29 is 9.18 Å². The number of hydrogen-bond donors (Lipinski definition) is 1. The van der Waals surface area contributed by atoms with Crippen molar-refractivity contribution in [3.63, 3.8) is 0 Å². The van der Waals surface area contributed by atoms with E-state index in [0.717, 1.165) is 0 Å². The van der Waals surface area contributed by atoms with Gasteiger partial charge < -0.3 is 5.32 Å². The van der Waals surface area contributed by atoms with Gasteiger partial charge in [0.05, 0.1) is 6.54 Å². The minimum atomic E-state index is -0.359. The number of hydrogen-bond acceptors (Lipinski definition) is 3. The zero-order valence-electron chi connectivity index (χ0n) is 13.9. The third kappa shape index (κ3) is 3.83. The number of amides is 1. The molecule has 0 fully saturated rings. The van der Waals surface area contributed by atoms with Crippen LogP contribution in [0.15, 0.2) is 53.3 Å². The van der Waals surface area contributed by atoms with Gasteiger partial charge >= 0.3 is 5.69 Å². The van der Waals surface area contributed by atoms with Gasteiger partial charge in [-0.05, 0) is 42.5 Å². The minimum absolute atomic E-state index is 0.209. The second kappa shape index (κ2) is 7.53. The largest absolute Gasteiger partial charge is 0.350 e. The maximum Gasteiger partial charge on any atom is 0.345 e. The molecular formula is C18H16ClFN4O2. The molecule has 0 saturated carbocycles. The average Bonchev–Trinajstić information content (AvgIpc) is 2.91. The topological polar surface area (TPSA) is 68.9 Å². The van der Waals surface area contributed by atoms with Crippen LogP contribution < -0.4 is 11.0 Å². The predicted octanol–water partition coefficient (Wildman–Crippen LogP) is 2.47. The first-order chi connectivity index (χ1) is 12.5. The molecule has 2 aromatic carbocycles. The molecule has 3 aromatic rings. The molecule has 1 amide bonds. The molecule has 0 aliphatic heterocycles. The molecule has 0 spiro atoms. The Balaban J connectivity index is 1.69. The molecule has 1 aromatic heterocycles. The van der Waals surface area contributed by atoms with Crippen molar-refractivity contribution in [2.45, 2.75) is 6.54 Å². The van der Waals surface area contributed by atoms with Gasteiger partial charge in [0, 0.05) is 29.7 Å². The number of halogens is 2. The van der Waals surface area contributed by atoms with E-state index < -0.39 is 0 Å². The smallest absolute Gasteiger partial charge is 0.345 e. The van der Waals surface area contributed by atoms with Gasteiger partial charge in [-0.25, -0.2) is 13.9 Å². The number of rotatable bonds is 5. The molecule has 0 atom stereocenters. The second-order valence-corrected chi connectivity index (χ2v) is 6.10. The summed E-state index contributed by atoms with van der Waals surface area (Å²) in [5, 5.41) is 7.46. The van der Waals surface area contributed by atoms with E-state index in [1.165, 1.54) is 21.4 Å². The summed E-state index contributed by atoms with van der Waals surface area (Å²) in [4.78, 5) is 24.4. The molecule has 1 N–H and O–H groups in total. The minimum Gasteiger partial charge on any atom is -0.350 e. The molecule has 0 radical (unpaired) electrons. The SMILES string of the molecule is Cn1c(-c2ccc(F)cc2)nn(CCNC(=O)c2cccc(Cl)c2)c1=O. The highest BCUT2D eigenvalue weighted by Gasteiger charge is 2.12. The fourth-order valence-electron chi connectivity index (χ4n) is 2.49. The first-order valence-electron chi connectivity index (χ1n) is 7.89.